The predicted molar refractivity (Wildman–Crippen MR) is 144 cm³/mol. The molecule has 0 aliphatic rings. The molecule has 2 aromatic carbocycles. The molecule has 0 amide bonds. The quantitative estimate of drug-likeness (QED) is 0.218. The lowest BCUT2D eigenvalue weighted by Crippen LogP contribution is -2.23. The van der Waals surface area contributed by atoms with Gasteiger partial charge in [0.25, 0.3) is 0 Å². The molecule has 2 heterocycles. The second-order valence-corrected chi connectivity index (χ2v) is 12.2. The van der Waals surface area contributed by atoms with Crippen molar-refractivity contribution in [1.29, 1.82) is 0 Å². The molecule has 0 unspecified atom stereocenters. The van der Waals surface area contributed by atoms with Crippen LogP contribution in [-0.4, -0.2) is 31.4 Å². The Hall–Kier alpha value is -2.06. The van der Waals surface area contributed by atoms with Crippen LogP contribution in [0.25, 0.3) is 22.5 Å². The second kappa shape index (κ2) is 10.7. The van der Waals surface area contributed by atoms with Gasteiger partial charge in [0.2, 0.25) is 19.4 Å². The van der Waals surface area contributed by atoms with E-state index in [0.717, 1.165) is 20.5 Å². The van der Waals surface area contributed by atoms with Crippen LogP contribution in [0, 0.1) is 0 Å². The normalized spacial score (nSPS) is 12.1. The summed E-state index contributed by atoms with van der Waals surface area (Å²) in [5.41, 5.74) is 2.44. The van der Waals surface area contributed by atoms with Crippen LogP contribution in [0.1, 0.15) is 33.8 Å². The van der Waals surface area contributed by atoms with Crippen molar-refractivity contribution in [3.63, 3.8) is 0 Å². The number of hydrogen-bond donors (Lipinski definition) is 0. The Balaban J connectivity index is 1.59. The number of rotatable bonds is 5. The zero-order chi connectivity index (χ0) is 26.1. The fraction of sp³-hybridized carbons (Fsp3) is 0.167. The molecule has 12 heteroatoms. The average Bonchev–Trinajstić information content (AvgIpc) is 3.49. The molecule has 0 atom stereocenters. The molecule has 0 fully saturated rings. The highest BCUT2D eigenvalue weighted by molar-refractivity contribution is 6.67. The lowest BCUT2D eigenvalue weighted by molar-refractivity contribution is 0.0810. The summed E-state index contributed by atoms with van der Waals surface area (Å²) < 4.78 is -1.85. The number of carbonyl (C=O) groups is 2. The van der Waals surface area contributed by atoms with Gasteiger partial charge in [-0.3, -0.25) is 9.59 Å². The van der Waals surface area contributed by atoms with Crippen molar-refractivity contribution < 1.29 is 9.59 Å². The van der Waals surface area contributed by atoms with E-state index >= 15 is 0 Å². The van der Waals surface area contributed by atoms with Crippen LogP contribution in [0.15, 0.2) is 72.8 Å². The topological polar surface area (TPSA) is 69.8 Å². The molecule has 0 bridgehead atoms. The maximum atomic E-state index is 13.1. The predicted octanol–water partition coefficient (Wildman–Crippen LogP) is 7.83. The van der Waals surface area contributed by atoms with Gasteiger partial charge in [-0.2, -0.15) is 19.6 Å². The summed E-state index contributed by atoms with van der Waals surface area (Å²) >= 11 is 36.6. The highest BCUT2D eigenvalue weighted by atomic mass is 35.6. The van der Waals surface area contributed by atoms with E-state index in [1.807, 2.05) is 60.7 Å². The first-order chi connectivity index (χ1) is 16.9. The Kier molecular flexibility index (Phi) is 8.05. The largest absolute Gasteiger partial charge is 0.273 e. The minimum Gasteiger partial charge on any atom is -0.273 e. The van der Waals surface area contributed by atoms with Gasteiger partial charge in [0.15, 0.2) is 0 Å². The maximum Gasteiger partial charge on any atom is 0.247 e. The van der Waals surface area contributed by atoms with Gasteiger partial charge in [0.1, 0.15) is 0 Å². The summed E-state index contributed by atoms with van der Waals surface area (Å²) in [5, 5.41) is 8.63. The van der Waals surface area contributed by atoms with Crippen LogP contribution in [0.3, 0.4) is 0 Å². The van der Waals surface area contributed by atoms with Crippen LogP contribution in [-0.2, 0) is 7.59 Å². The number of nitrogens with zero attached hydrogens (tertiary/aromatic N) is 4. The SMILES string of the molecule is O=C(CCC(=O)n1nc(-c2ccccc2)cc1C(Cl)(Cl)Cl)n1nc(-c2ccccc2)cc1C(Cl)(Cl)Cl. The third-order valence-corrected chi connectivity index (χ3v) is 6.33. The van der Waals surface area contributed by atoms with E-state index < -0.39 is 19.4 Å². The minimum absolute atomic E-state index is 0.0521. The third-order valence-electron chi connectivity index (χ3n) is 5.16. The molecule has 0 aliphatic carbocycles. The number of alkyl halides is 6. The van der Waals surface area contributed by atoms with Gasteiger partial charge in [-0.1, -0.05) is 130 Å². The fourth-order valence-electron chi connectivity index (χ4n) is 3.47. The average molecular weight is 605 g/mol. The van der Waals surface area contributed by atoms with E-state index in [1.54, 1.807) is 0 Å². The molecule has 0 N–H and O–H groups in total. The number of hydrogen-bond acceptors (Lipinski definition) is 4. The zero-order valence-electron chi connectivity index (χ0n) is 18.2. The van der Waals surface area contributed by atoms with Crippen LogP contribution in [0.4, 0.5) is 0 Å². The summed E-state index contributed by atoms with van der Waals surface area (Å²) in [4.78, 5) is 26.1. The second-order valence-electron chi connectivity index (χ2n) is 7.67. The van der Waals surface area contributed by atoms with Crippen molar-refractivity contribution in [2.24, 2.45) is 0 Å². The van der Waals surface area contributed by atoms with Crippen LogP contribution in [0.2, 0.25) is 0 Å². The Morgan fingerprint density at radius 2 is 0.944 bits per heavy atom. The summed E-state index contributed by atoms with van der Waals surface area (Å²) in [6.07, 6.45) is -0.523. The van der Waals surface area contributed by atoms with E-state index in [4.69, 9.17) is 69.6 Å². The highest BCUT2D eigenvalue weighted by Gasteiger charge is 2.33. The minimum atomic E-state index is -1.92. The Morgan fingerprint density at radius 3 is 1.25 bits per heavy atom. The van der Waals surface area contributed by atoms with Crippen molar-refractivity contribution in [2.45, 2.75) is 20.4 Å². The van der Waals surface area contributed by atoms with Crippen molar-refractivity contribution in [2.75, 3.05) is 0 Å². The molecule has 4 aromatic rings. The molecular weight excluding hydrogens is 589 g/mol. The molecule has 6 nitrogen and oxygen atoms in total. The molecule has 0 radical (unpaired) electrons. The third kappa shape index (κ3) is 6.08. The van der Waals surface area contributed by atoms with Gasteiger partial charge in [-0.15, -0.1) is 0 Å². The van der Waals surface area contributed by atoms with Gasteiger partial charge >= 0.3 is 0 Å². The van der Waals surface area contributed by atoms with E-state index in [1.165, 1.54) is 12.1 Å². The number of halogens is 6. The fourth-order valence-corrected chi connectivity index (χ4v) is 4.28. The van der Waals surface area contributed by atoms with Gasteiger partial charge in [0.05, 0.1) is 22.8 Å². The van der Waals surface area contributed by atoms with Crippen molar-refractivity contribution >= 4 is 81.4 Å². The van der Waals surface area contributed by atoms with E-state index in [2.05, 4.69) is 10.2 Å². The van der Waals surface area contributed by atoms with Crippen LogP contribution < -0.4 is 0 Å². The molecular formula is C24H16Cl6N4O2. The molecule has 0 spiro atoms. The molecule has 0 saturated carbocycles. The monoisotopic (exact) mass is 602 g/mol. The maximum absolute atomic E-state index is 13.1. The lowest BCUT2D eigenvalue weighted by atomic mass is 10.1. The molecule has 0 aliphatic heterocycles. The first kappa shape index (κ1) is 27.0. The van der Waals surface area contributed by atoms with Crippen LogP contribution in [0.5, 0.6) is 0 Å². The summed E-state index contributed by atoms with van der Waals surface area (Å²) in [6.45, 7) is 0. The van der Waals surface area contributed by atoms with Gasteiger partial charge in [-0.05, 0) is 12.1 Å². The summed E-state index contributed by atoms with van der Waals surface area (Å²) in [6, 6.07) is 21.2. The van der Waals surface area contributed by atoms with Gasteiger partial charge in [-0.25, -0.2) is 0 Å². The van der Waals surface area contributed by atoms with E-state index in [-0.39, 0.29) is 24.2 Å². The first-order valence-electron chi connectivity index (χ1n) is 10.5. The van der Waals surface area contributed by atoms with Crippen molar-refractivity contribution in [3.05, 3.63) is 84.2 Å². The Labute approximate surface area is 236 Å². The molecule has 186 valence electrons. The number of benzene rings is 2. The molecule has 2 aromatic heterocycles. The standard InChI is InChI=1S/C24H16Cl6N4O2/c25-23(26,27)19-13-17(15-7-3-1-4-8-15)31-33(19)21(35)11-12-22(36)34-20(24(28,29)30)14-18(32-34)16-9-5-2-6-10-16/h1-10,13-14H,11-12H2. The van der Waals surface area contributed by atoms with Crippen molar-refractivity contribution in [1.82, 2.24) is 19.6 Å². The van der Waals surface area contributed by atoms with E-state index in [9.17, 15) is 9.59 Å². The highest BCUT2D eigenvalue weighted by Crippen LogP contribution is 2.41. The number of carbonyl (C=O) groups excluding carboxylic acids is 2. The van der Waals surface area contributed by atoms with Crippen molar-refractivity contribution in [3.8, 4) is 22.5 Å². The van der Waals surface area contributed by atoms with Gasteiger partial charge in [0, 0.05) is 24.0 Å². The summed E-state index contributed by atoms with van der Waals surface area (Å²) in [5.74, 6) is -1.12. The lowest BCUT2D eigenvalue weighted by Gasteiger charge is -2.14. The zero-order valence-corrected chi connectivity index (χ0v) is 22.8. The molecule has 36 heavy (non-hydrogen) atoms. The smallest absolute Gasteiger partial charge is 0.247 e. The molecule has 0 saturated heterocycles. The summed E-state index contributed by atoms with van der Waals surface area (Å²) in [7, 11) is 0. The molecule has 4 rings (SSSR count). The first-order valence-corrected chi connectivity index (χ1v) is 12.7. The van der Waals surface area contributed by atoms with Crippen LogP contribution >= 0.6 is 69.6 Å². The Bertz CT molecular complexity index is 1280. The number of aromatic nitrogens is 4. The Morgan fingerprint density at radius 1 is 0.611 bits per heavy atom. The van der Waals surface area contributed by atoms with E-state index in [0.29, 0.717) is 11.4 Å². The van der Waals surface area contributed by atoms with Gasteiger partial charge < -0.3 is 0 Å².